The summed E-state index contributed by atoms with van der Waals surface area (Å²) >= 11 is 0. The number of unbranched alkanes of at least 4 members (excludes halogenated alkanes) is 37. The molecule has 0 fully saturated rings. The van der Waals surface area contributed by atoms with Crippen LogP contribution in [0.1, 0.15) is 296 Å². The first-order valence-corrected chi connectivity index (χ1v) is 26.9. The quantitative estimate of drug-likeness (QED) is 0.0322. The smallest absolute Gasteiger partial charge is 0.305 e. The van der Waals surface area contributed by atoms with Gasteiger partial charge in [0.1, 0.15) is 0 Å². The Morgan fingerprint density at radius 3 is 1.18 bits per heavy atom. The minimum Gasteiger partial charge on any atom is -0.466 e. The van der Waals surface area contributed by atoms with E-state index >= 15 is 0 Å². The van der Waals surface area contributed by atoms with Crippen LogP contribution < -0.4 is 5.32 Å². The Hall–Kier alpha value is -1.40. The number of allylic oxidation sites excluding steroid dienone is 2. The van der Waals surface area contributed by atoms with Crippen molar-refractivity contribution in [2.45, 2.75) is 309 Å². The minimum absolute atomic E-state index is 0.0215. The minimum atomic E-state index is -0.676. The van der Waals surface area contributed by atoms with Gasteiger partial charge in [0, 0.05) is 12.8 Å². The van der Waals surface area contributed by atoms with Crippen LogP contribution in [0, 0.1) is 0 Å². The number of hydrogen-bond donors (Lipinski definition) is 3. The molecule has 60 heavy (non-hydrogen) atoms. The summed E-state index contributed by atoms with van der Waals surface area (Å²) in [5, 5.41) is 23.3. The van der Waals surface area contributed by atoms with Gasteiger partial charge in [0.2, 0.25) is 5.91 Å². The predicted molar refractivity (Wildman–Crippen MR) is 260 cm³/mol. The summed E-state index contributed by atoms with van der Waals surface area (Å²) < 4.78 is 5.45. The van der Waals surface area contributed by atoms with Crippen molar-refractivity contribution in [1.82, 2.24) is 5.32 Å². The van der Waals surface area contributed by atoms with Gasteiger partial charge in [0.25, 0.3) is 0 Å². The van der Waals surface area contributed by atoms with Gasteiger partial charge in [-0.25, -0.2) is 0 Å². The highest BCUT2D eigenvalue weighted by Gasteiger charge is 2.20. The Balaban J connectivity index is 3.47. The highest BCUT2D eigenvalue weighted by Crippen LogP contribution is 2.17. The van der Waals surface area contributed by atoms with E-state index in [0.717, 1.165) is 57.8 Å². The molecule has 0 aliphatic heterocycles. The number of ether oxygens (including phenoxy) is 1. The zero-order valence-electron chi connectivity index (χ0n) is 40.5. The monoisotopic (exact) mass is 848 g/mol. The summed E-state index contributed by atoms with van der Waals surface area (Å²) in [6.07, 6.45) is 57.5. The molecule has 0 aromatic heterocycles. The number of aliphatic hydroxyl groups excluding tert-OH is 2. The van der Waals surface area contributed by atoms with Crippen LogP contribution in [0.3, 0.4) is 0 Å². The number of hydrogen-bond acceptors (Lipinski definition) is 5. The zero-order chi connectivity index (χ0) is 43.7. The lowest BCUT2D eigenvalue weighted by molar-refractivity contribution is -0.143. The number of aliphatic hydroxyl groups is 2. The highest BCUT2D eigenvalue weighted by atomic mass is 16.5. The molecular weight excluding hydrogens is 743 g/mol. The van der Waals surface area contributed by atoms with Crippen LogP contribution in [0.5, 0.6) is 0 Å². The van der Waals surface area contributed by atoms with E-state index < -0.39 is 12.1 Å². The van der Waals surface area contributed by atoms with Gasteiger partial charge in [0.05, 0.1) is 25.4 Å². The third-order valence-corrected chi connectivity index (χ3v) is 12.6. The first kappa shape index (κ1) is 58.6. The van der Waals surface area contributed by atoms with Gasteiger partial charge in [-0.3, -0.25) is 9.59 Å². The van der Waals surface area contributed by atoms with Crippen molar-refractivity contribution < 1.29 is 24.5 Å². The second-order valence-electron chi connectivity index (χ2n) is 18.6. The molecular formula is C54H105NO5. The molecule has 3 N–H and O–H groups in total. The van der Waals surface area contributed by atoms with Crippen LogP contribution in [0.25, 0.3) is 0 Å². The molecule has 2 atom stereocenters. The molecule has 0 saturated carbocycles. The molecule has 0 heterocycles. The van der Waals surface area contributed by atoms with E-state index in [9.17, 15) is 19.8 Å². The summed E-state index contributed by atoms with van der Waals surface area (Å²) in [5.41, 5.74) is 0. The molecule has 6 nitrogen and oxygen atoms in total. The highest BCUT2D eigenvalue weighted by molar-refractivity contribution is 5.76. The van der Waals surface area contributed by atoms with Gasteiger partial charge in [0.15, 0.2) is 0 Å². The normalized spacial score (nSPS) is 12.7. The predicted octanol–water partition coefficient (Wildman–Crippen LogP) is 16.1. The van der Waals surface area contributed by atoms with Gasteiger partial charge >= 0.3 is 5.97 Å². The molecule has 0 aromatic carbocycles. The molecule has 0 saturated heterocycles. The second kappa shape index (κ2) is 50.2. The van der Waals surface area contributed by atoms with Crippen LogP contribution in [0.15, 0.2) is 12.2 Å². The van der Waals surface area contributed by atoms with Gasteiger partial charge in [-0.15, -0.1) is 0 Å². The van der Waals surface area contributed by atoms with E-state index in [4.69, 9.17) is 4.74 Å². The first-order valence-electron chi connectivity index (χ1n) is 26.9. The Labute approximate surface area is 374 Å². The number of esters is 1. The molecule has 0 aliphatic carbocycles. The molecule has 0 aliphatic rings. The third kappa shape index (κ3) is 46.1. The van der Waals surface area contributed by atoms with Crippen LogP contribution in [-0.2, 0) is 14.3 Å². The van der Waals surface area contributed by atoms with Crippen molar-refractivity contribution in [3.05, 3.63) is 12.2 Å². The summed E-state index contributed by atoms with van der Waals surface area (Å²) in [6, 6.07) is -0.555. The number of amides is 1. The largest absolute Gasteiger partial charge is 0.466 e. The molecule has 1 amide bonds. The molecule has 0 spiro atoms. The van der Waals surface area contributed by atoms with E-state index in [2.05, 4.69) is 31.3 Å². The average Bonchev–Trinajstić information content (AvgIpc) is 3.25. The lowest BCUT2D eigenvalue weighted by atomic mass is 10.0. The fourth-order valence-electron chi connectivity index (χ4n) is 8.40. The number of carbonyl (C=O) groups is 2. The maximum atomic E-state index is 12.5. The molecule has 6 heteroatoms. The maximum absolute atomic E-state index is 12.5. The van der Waals surface area contributed by atoms with Gasteiger partial charge in [-0.05, 0) is 51.4 Å². The van der Waals surface area contributed by atoms with Gasteiger partial charge < -0.3 is 20.3 Å². The van der Waals surface area contributed by atoms with Crippen LogP contribution in [0.4, 0.5) is 0 Å². The van der Waals surface area contributed by atoms with Gasteiger partial charge in [-0.1, -0.05) is 244 Å². The van der Waals surface area contributed by atoms with E-state index in [1.165, 1.54) is 205 Å². The lowest BCUT2D eigenvalue weighted by Crippen LogP contribution is -2.45. The summed E-state index contributed by atoms with van der Waals surface area (Å²) in [4.78, 5) is 24.5. The van der Waals surface area contributed by atoms with Crippen LogP contribution >= 0.6 is 0 Å². The topological polar surface area (TPSA) is 95.9 Å². The average molecular weight is 848 g/mol. The Kier molecular flexibility index (Phi) is 49.1. The third-order valence-electron chi connectivity index (χ3n) is 12.6. The molecule has 356 valence electrons. The van der Waals surface area contributed by atoms with Crippen molar-refractivity contribution in [3.8, 4) is 0 Å². The van der Waals surface area contributed by atoms with Crippen molar-refractivity contribution in [3.63, 3.8) is 0 Å². The zero-order valence-corrected chi connectivity index (χ0v) is 40.5. The SMILES string of the molecule is CCCCCCC/C=C\CCCCCCCC(=O)OCCCCCCCCCCCCCC(=O)NC(CO)C(O)CCCCCCCCCCCCCCCCCCCC. The van der Waals surface area contributed by atoms with E-state index in [-0.39, 0.29) is 18.5 Å². The second-order valence-corrected chi connectivity index (χ2v) is 18.6. The Morgan fingerprint density at radius 1 is 0.450 bits per heavy atom. The number of rotatable bonds is 50. The number of nitrogens with one attached hydrogen (secondary N) is 1. The standard InChI is InChI=1S/C54H105NO5/c1-3-5-7-9-11-13-15-17-19-20-21-22-23-26-30-34-38-42-46-52(57)51(50-56)55-53(58)47-43-39-35-31-27-25-29-33-37-41-45-49-60-54(59)48-44-40-36-32-28-24-18-16-14-12-10-8-6-4-2/h16,18,51-52,56-57H,3-15,17,19-50H2,1-2H3,(H,55,58)/b18-16-. The fraction of sp³-hybridized carbons (Fsp3) is 0.926. The van der Waals surface area contributed by atoms with Crippen molar-refractivity contribution in [2.24, 2.45) is 0 Å². The summed E-state index contributed by atoms with van der Waals surface area (Å²) in [6.45, 7) is 4.91. The van der Waals surface area contributed by atoms with Crippen LogP contribution in [-0.4, -0.2) is 47.4 Å². The Bertz CT molecular complexity index is 893. The van der Waals surface area contributed by atoms with E-state index in [1.807, 2.05) is 0 Å². The number of carbonyl (C=O) groups excluding carboxylic acids is 2. The van der Waals surface area contributed by atoms with Crippen molar-refractivity contribution >= 4 is 11.9 Å². The van der Waals surface area contributed by atoms with Gasteiger partial charge in [-0.2, -0.15) is 0 Å². The first-order chi connectivity index (χ1) is 29.5. The molecule has 0 radical (unpaired) electrons. The van der Waals surface area contributed by atoms with Crippen molar-refractivity contribution in [2.75, 3.05) is 13.2 Å². The Morgan fingerprint density at radius 2 is 0.783 bits per heavy atom. The maximum Gasteiger partial charge on any atom is 0.305 e. The summed E-state index contributed by atoms with van der Waals surface area (Å²) in [5.74, 6) is -0.0734. The molecule has 0 bridgehead atoms. The van der Waals surface area contributed by atoms with Crippen molar-refractivity contribution in [1.29, 1.82) is 0 Å². The van der Waals surface area contributed by atoms with E-state index in [0.29, 0.717) is 25.9 Å². The summed E-state index contributed by atoms with van der Waals surface area (Å²) in [7, 11) is 0. The molecule has 0 rings (SSSR count). The molecule has 2 unspecified atom stereocenters. The fourth-order valence-corrected chi connectivity index (χ4v) is 8.40. The lowest BCUT2D eigenvalue weighted by Gasteiger charge is -2.22. The molecule has 0 aromatic rings. The van der Waals surface area contributed by atoms with Crippen LogP contribution in [0.2, 0.25) is 0 Å². The van der Waals surface area contributed by atoms with E-state index in [1.54, 1.807) is 0 Å².